The number of fused-ring (bicyclic) bond motifs is 1. The van der Waals surface area contributed by atoms with Gasteiger partial charge in [0.2, 0.25) is 5.95 Å². The maximum atomic E-state index is 13.0. The molecule has 0 fully saturated rings. The molecule has 1 atom stereocenters. The van der Waals surface area contributed by atoms with Crippen molar-refractivity contribution in [3.05, 3.63) is 80.7 Å². The van der Waals surface area contributed by atoms with Crippen LogP contribution in [0.5, 0.6) is 0 Å². The number of rotatable bonds is 6. The second-order valence-corrected chi connectivity index (χ2v) is 8.22. The van der Waals surface area contributed by atoms with E-state index in [2.05, 4.69) is 20.3 Å². The van der Waals surface area contributed by atoms with Crippen molar-refractivity contribution in [2.24, 2.45) is 7.05 Å². The summed E-state index contributed by atoms with van der Waals surface area (Å²) in [5, 5.41) is 8.30. The molecule has 0 aliphatic heterocycles. The van der Waals surface area contributed by atoms with Gasteiger partial charge in [0.05, 0.1) is 29.0 Å². The number of nitrogens with zero attached hydrogens (tertiary/aromatic N) is 5. The average Bonchev–Trinajstić information content (AvgIpc) is 3.09. The first kappa shape index (κ1) is 21.4. The number of halogens is 2. The summed E-state index contributed by atoms with van der Waals surface area (Å²) in [6.45, 7) is 0.494. The minimum Gasteiger partial charge on any atom is -0.380 e. The van der Waals surface area contributed by atoms with Gasteiger partial charge in [-0.05, 0) is 37.9 Å². The Bertz CT molecular complexity index is 1300. The van der Waals surface area contributed by atoms with Crippen LogP contribution in [-0.4, -0.2) is 44.9 Å². The van der Waals surface area contributed by atoms with Gasteiger partial charge in [0.25, 0.3) is 5.56 Å². The lowest BCUT2D eigenvalue weighted by molar-refractivity contribution is 0.312. The first-order chi connectivity index (χ1) is 14.9. The molecule has 7 nitrogen and oxygen atoms in total. The average molecular weight is 457 g/mol. The Morgan fingerprint density at radius 1 is 1.10 bits per heavy atom. The number of benzene rings is 2. The smallest absolute Gasteiger partial charge is 0.295 e. The predicted molar refractivity (Wildman–Crippen MR) is 125 cm³/mol. The molecule has 2 aromatic carbocycles. The number of aryl methyl sites for hydroxylation is 1. The zero-order chi connectivity index (χ0) is 22.1. The third kappa shape index (κ3) is 4.04. The lowest BCUT2D eigenvalue weighted by Gasteiger charge is -2.26. The van der Waals surface area contributed by atoms with Crippen LogP contribution in [0.15, 0.2) is 59.5 Å². The number of aromatic nitrogens is 4. The minimum atomic E-state index is -0.441. The van der Waals surface area contributed by atoms with Crippen molar-refractivity contribution in [1.82, 2.24) is 24.2 Å². The Hall–Kier alpha value is -2.87. The molecule has 0 spiro atoms. The van der Waals surface area contributed by atoms with Gasteiger partial charge >= 0.3 is 0 Å². The molecule has 1 N–H and O–H groups in total. The van der Waals surface area contributed by atoms with Gasteiger partial charge in [0, 0.05) is 18.6 Å². The van der Waals surface area contributed by atoms with Crippen LogP contribution in [0, 0.1) is 0 Å². The van der Waals surface area contributed by atoms with Crippen LogP contribution in [0.2, 0.25) is 10.0 Å². The fourth-order valence-electron chi connectivity index (χ4n) is 3.54. The summed E-state index contributed by atoms with van der Waals surface area (Å²) in [5.41, 5.74) is 2.68. The number of nitrogens with one attached hydrogen (secondary N) is 1. The first-order valence-corrected chi connectivity index (χ1v) is 10.5. The summed E-state index contributed by atoms with van der Waals surface area (Å²) in [4.78, 5) is 19.5. The topological polar surface area (TPSA) is 68.0 Å². The quantitative estimate of drug-likeness (QED) is 0.472. The molecule has 4 aromatic rings. The fourth-order valence-corrected chi connectivity index (χ4v) is 4.00. The van der Waals surface area contributed by atoms with Crippen molar-refractivity contribution in [3.8, 4) is 5.95 Å². The standard InChI is InChI=1S/C22H22Cl2N6O/c1-28(2)19(14-8-4-5-9-15(14)23)13-25-17-12-26-30(21(31)20(17)24)22-27-16-10-6-7-11-18(16)29(22)3/h4-12,19,25H,13H2,1-3H3. The van der Waals surface area contributed by atoms with Crippen LogP contribution < -0.4 is 10.9 Å². The van der Waals surface area contributed by atoms with Crippen LogP contribution in [0.1, 0.15) is 11.6 Å². The fraction of sp³-hybridized carbons (Fsp3) is 0.227. The first-order valence-electron chi connectivity index (χ1n) is 9.73. The second kappa shape index (κ2) is 8.70. The third-order valence-corrected chi connectivity index (χ3v) is 5.95. The van der Waals surface area contributed by atoms with Crippen molar-refractivity contribution in [2.75, 3.05) is 26.0 Å². The number of hydrogen-bond donors (Lipinski definition) is 1. The molecule has 0 aliphatic rings. The monoisotopic (exact) mass is 456 g/mol. The third-order valence-electron chi connectivity index (χ3n) is 5.25. The van der Waals surface area contributed by atoms with E-state index < -0.39 is 5.56 Å². The van der Waals surface area contributed by atoms with E-state index in [9.17, 15) is 4.79 Å². The molecule has 0 radical (unpaired) electrons. The molecule has 31 heavy (non-hydrogen) atoms. The van der Waals surface area contributed by atoms with E-state index in [4.69, 9.17) is 23.2 Å². The zero-order valence-corrected chi connectivity index (χ0v) is 18.9. The molecule has 1 unspecified atom stereocenters. The van der Waals surface area contributed by atoms with Gasteiger partial charge in [-0.1, -0.05) is 53.5 Å². The van der Waals surface area contributed by atoms with Gasteiger partial charge in [-0.2, -0.15) is 9.78 Å². The highest BCUT2D eigenvalue weighted by atomic mass is 35.5. The van der Waals surface area contributed by atoms with E-state index in [1.54, 1.807) is 6.20 Å². The molecule has 0 saturated heterocycles. The maximum Gasteiger partial charge on any atom is 0.295 e. The molecule has 2 aromatic heterocycles. The van der Waals surface area contributed by atoms with Crippen molar-refractivity contribution < 1.29 is 0 Å². The van der Waals surface area contributed by atoms with Crippen LogP contribution in [0.4, 0.5) is 5.69 Å². The number of imidazole rings is 1. The minimum absolute atomic E-state index is 0.0213. The number of para-hydroxylation sites is 2. The number of anilines is 1. The van der Waals surface area contributed by atoms with Crippen molar-refractivity contribution >= 4 is 39.9 Å². The summed E-state index contributed by atoms with van der Waals surface area (Å²) in [5.74, 6) is 0.405. The summed E-state index contributed by atoms with van der Waals surface area (Å²) < 4.78 is 3.03. The van der Waals surface area contributed by atoms with E-state index in [1.165, 1.54) is 4.68 Å². The summed E-state index contributed by atoms with van der Waals surface area (Å²) in [6.07, 6.45) is 1.54. The summed E-state index contributed by atoms with van der Waals surface area (Å²) in [7, 11) is 5.78. The molecule has 2 heterocycles. The van der Waals surface area contributed by atoms with E-state index in [1.807, 2.05) is 74.2 Å². The highest BCUT2D eigenvalue weighted by molar-refractivity contribution is 6.33. The number of likely N-dealkylation sites (N-methyl/N-ethyl adjacent to an activating group) is 1. The maximum absolute atomic E-state index is 13.0. The van der Waals surface area contributed by atoms with Gasteiger partial charge in [-0.25, -0.2) is 4.98 Å². The highest BCUT2D eigenvalue weighted by Crippen LogP contribution is 2.27. The van der Waals surface area contributed by atoms with Crippen LogP contribution >= 0.6 is 23.2 Å². The Balaban J connectivity index is 1.64. The predicted octanol–water partition coefficient (Wildman–Crippen LogP) is 4.14. The number of hydrogen-bond acceptors (Lipinski definition) is 5. The molecular weight excluding hydrogens is 435 g/mol. The molecule has 0 aliphatic carbocycles. The lowest BCUT2D eigenvalue weighted by Crippen LogP contribution is -2.29. The second-order valence-electron chi connectivity index (χ2n) is 7.43. The normalized spacial score (nSPS) is 12.5. The molecule has 4 rings (SSSR count). The van der Waals surface area contributed by atoms with Crippen LogP contribution in [0.25, 0.3) is 17.0 Å². The Kier molecular flexibility index (Phi) is 6.00. The molecule has 9 heteroatoms. The summed E-state index contributed by atoms with van der Waals surface area (Å²) in [6, 6.07) is 15.3. The Labute approximate surface area is 189 Å². The van der Waals surface area contributed by atoms with Crippen molar-refractivity contribution in [2.45, 2.75) is 6.04 Å². The SMILES string of the molecule is CN(C)C(CNc1cnn(-c2nc3ccccc3n2C)c(=O)c1Cl)c1ccccc1Cl. The zero-order valence-electron chi connectivity index (χ0n) is 17.4. The molecule has 0 bridgehead atoms. The van der Waals surface area contributed by atoms with Gasteiger partial charge < -0.3 is 14.8 Å². The van der Waals surface area contributed by atoms with E-state index in [0.29, 0.717) is 23.2 Å². The van der Waals surface area contributed by atoms with E-state index >= 15 is 0 Å². The molecule has 0 saturated carbocycles. The van der Waals surface area contributed by atoms with E-state index in [-0.39, 0.29) is 11.1 Å². The van der Waals surface area contributed by atoms with Gasteiger partial charge in [-0.15, -0.1) is 0 Å². The Morgan fingerprint density at radius 3 is 2.52 bits per heavy atom. The van der Waals surface area contributed by atoms with Crippen molar-refractivity contribution in [1.29, 1.82) is 0 Å². The van der Waals surface area contributed by atoms with Gasteiger partial charge in [0.1, 0.15) is 5.02 Å². The van der Waals surface area contributed by atoms with Crippen LogP contribution in [0.3, 0.4) is 0 Å². The lowest BCUT2D eigenvalue weighted by atomic mass is 10.1. The van der Waals surface area contributed by atoms with E-state index in [0.717, 1.165) is 16.6 Å². The highest BCUT2D eigenvalue weighted by Gasteiger charge is 2.19. The van der Waals surface area contributed by atoms with Crippen molar-refractivity contribution in [3.63, 3.8) is 0 Å². The molecule has 0 amide bonds. The molecule has 160 valence electrons. The van der Waals surface area contributed by atoms with Gasteiger partial charge in [0.15, 0.2) is 0 Å². The van der Waals surface area contributed by atoms with Gasteiger partial charge in [-0.3, -0.25) is 4.79 Å². The molecular formula is C22H22Cl2N6O. The largest absolute Gasteiger partial charge is 0.380 e. The van der Waals surface area contributed by atoms with Crippen LogP contribution in [-0.2, 0) is 7.05 Å². The Morgan fingerprint density at radius 2 is 1.81 bits per heavy atom. The summed E-state index contributed by atoms with van der Waals surface area (Å²) >= 11 is 12.8.